The largest absolute Gasteiger partial charge is 0.481 e. The van der Waals surface area contributed by atoms with Gasteiger partial charge in [-0.1, -0.05) is 0 Å². The fourth-order valence-electron chi connectivity index (χ4n) is 0.967. The van der Waals surface area contributed by atoms with Crippen molar-refractivity contribution < 1.29 is 64.8 Å². The summed E-state index contributed by atoms with van der Waals surface area (Å²) in [6.07, 6.45) is -4.41. The lowest BCUT2D eigenvalue weighted by molar-refractivity contribution is -0.170. The average Bonchev–Trinajstić information content (AvgIpc) is 2.35. The lowest BCUT2D eigenvalue weighted by Gasteiger charge is -2.18. The third-order valence-corrected chi connectivity index (χ3v) is 2.11. The summed E-state index contributed by atoms with van der Waals surface area (Å²) in [7, 11) is 0. The van der Waals surface area contributed by atoms with Gasteiger partial charge in [0.15, 0.2) is 5.60 Å². The molecule has 13 heteroatoms. The van der Waals surface area contributed by atoms with Gasteiger partial charge in [-0.05, 0) is 13.8 Å². The molecule has 0 amide bonds. The molecule has 0 heterocycles. The summed E-state index contributed by atoms with van der Waals surface area (Å²) in [5.74, 6) is -7.17. The predicted molar refractivity (Wildman–Crippen MR) is 80.3 cm³/mol. The van der Waals surface area contributed by atoms with Crippen LogP contribution in [0.15, 0.2) is 0 Å². The molecule has 0 bridgehead atoms. The molecule has 0 saturated heterocycles. The molecule has 0 spiro atoms. The van der Waals surface area contributed by atoms with Crippen LogP contribution in [0.1, 0.15) is 33.1 Å². The third-order valence-electron chi connectivity index (χ3n) is 2.11. The van der Waals surface area contributed by atoms with Crippen LogP contribution in [0.3, 0.4) is 0 Å². The zero-order valence-corrected chi connectivity index (χ0v) is 13.9. The zero-order chi connectivity index (χ0) is 21.7. The number of carboxylic acid groups (broad SMARTS) is 5. The van der Waals surface area contributed by atoms with Crippen molar-refractivity contribution in [2.75, 3.05) is 0 Å². The summed E-state index contributed by atoms with van der Waals surface area (Å²) < 4.78 is 0. The Morgan fingerprint density at radius 2 is 1.08 bits per heavy atom. The highest BCUT2D eigenvalue weighted by molar-refractivity contribution is 5.88. The number of aliphatic carboxylic acids is 5. The van der Waals surface area contributed by atoms with Gasteiger partial charge in [0, 0.05) is 0 Å². The molecule has 8 N–H and O–H groups in total. The van der Waals surface area contributed by atoms with Crippen LogP contribution in [0, 0.1) is 0 Å². The normalized spacial score (nSPS) is 12.2. The first-order valence-corrected chi connectivity index (χ1v) is 6.75. The highest BCUT2D eigenvalue weighted by Gasteiger charge is 2.40. The molecule has 0 aromatic heterocycles. The molecule has 0 aromatic rings. The maximum Gasteiger partial charge on any atom is 0.336 e. The first-order chi connectivity index (χ1) is 11.5. The first kappa shape index (κ1) is 28.1. The highest BCUT2D eigenvalue weighted by Crippen LogP contribution is 2.15. The minimum Gasteiger partial charge on any atom is -0.481 e. The van der Waals surface area contributed by atoms with Crippen LogP contribution < -0.4 is 0 Å². The molecule has 26 heavy (non-hydrogen) atoms. The lowest BCUT2D eigenvalue weighted by atomic mass is 9.96. The molecule has 152 valence electrons. The molecule has 2 unspecified atom stereocenters. The Morgan fingerprint density at radius 3 is 1.15 bits per heavy atom. The summed E-state index contributed by atoms with van der Waals surface area (Å²) >= 11 is 0. The van der Waals surface area contributed by atoms with Crippen LogP contribution in [-0.2, 0) is 24.0 Å². The predicted octanol–water partition coefficient (Wildman–Crippen LogP) is -1.95. The van der Waals surface area contributed by atoms with Crippen molar-refractivity contribution in [1.29, 1.82) is 0 Å². The highest BCUT2D eigenvalue weighted by atomic mass is 16.4. The van der Waals surface area contributed by atoms with E-state index in [4.69, 9.17) is 40.9 Å². The van der Waals surface area contributed by atoms with Crippen molar-refractivity contribution in [1.82, 2.24) is 0 Å². The molecule has 2 atom stereocenters. The Bertz CT molecular complexity index is 478. The van der Waals surface area contributed by atoms with E-state index in [1.54, 1.807) is 0 Å². The maximum absolute atomic E-state index is 10.3. The molecule has 0 aliphatic heterocycles. The lowest BCUT2D eigenvalue weighted by Crippen LogP contribution is -2.42. The van der Waals surface area contributed by atoms with Crippen LogP contribution >= 0.6 is 0 Å². The molecule has 0 rings (SSSR count). The Labute approximate surface area is 146 Å². The molecule has 0 aromatic carbocycles. The number of carboxylic acids is 5. The molecule has 0 radical (unpaired) electrons. The smallest absolute Gasteiger partial charge is 0.336 e. The van der Waals surface area contributed by atoms with Gasteiger partial charge in [-0.3, -0.25) is 14.4 Å². The van der Waals surface area contributed by atoms with Crippen molar-refractivity contribution in [2.24, 2.45) is 0 Å². The van der Waals surface area contributed by atoms with Gasteiger partial charge in [0.2, 0.25) is 0 Å². The quantitative estimate of drug-likeness (QED) is 0.226. The third kappa shape index (κ3) is 19.3. The van der Waals surface area contributed by atoms with E-state index in [1.165, 1.54) is 13.8 Å². The van der Waals surface area contributed by atoms with Gasteiger partial charge in [-0.2, -0.15) is 0 Å². The second-order valence-corrected chi connectivity index (χ2v) is 4.94. The summed E-state index contributed by atoms with van der Waals surface area (Å²) in [5.41, 5.74) is -2.74. The standard InChI is InChI=1S/C6H8O7.C4H8O3.C3H6O3/c7-3(8)1-6(13,5(11)12)2-4(9)10;1-3(5)2-4(6)7;1-2(4)3(5)6/h13H,1-2H2,(H,7,8)(H,9,10)(H,11,12);3,5H,2H2,1H3,(H,6,7);2,4H,1H3,(H,5,6). The molecule has 0 aliphatic rings. The van der Waals surface area contributed by atoms with Gasteiger partial charge in [0.1, 0.15) is 6.10 Å². The minimum absolute atomic E-state index is 0.167. The molecular weight excluding hydrogens is 364 g/mol. The van der Waals surface area contributed by atoms with Gasteiger partial charge < -0.3 is 40.9 Å². The first-order valence-electron chi connectivity index (χ1n) is 6.75. The zero-order valence-electron chi connectivity index (χ0n) is 13.9. The fraction of sp³-hybridized carbons (Fsp3) is 0.615. The summed E-state index contributed by atoms with van der Waals surface area (Å²) in [4.78, 5) is 49.6. The van der Waals surface area contributed by atoms with Crippen molar-refractivity contribution in [2.45, 2.75) is 50.9 Å². The Kier molecular flexibility index (Phi) is 14.6. The topological polar surface area (TPSA) is 247 Å². The van der Waals surface area contributed by atoms with Crippen LogP contribution in [0.25, 0.3) is 0 Å². The van der Waals surface area contributed by atoms with E-state index >= 15 is 0 Å². The fourth-order valence-corrected chi connectivity index (χ4v) is 0.967. The van der Waals surface area contributed by atoms with Crippen LogP contribution in [0.4, 0.5) is 0 Å². The van der Waals surface area contributed by atoms with E-state index in [2.05, 4.69) is 0 Å². The summed E-state index contributed by atoms with van der Waals surface area (Å²) in [6, 6.07) is 0. The van der Waals surface area contributed by atoms with Gasteiger partial charge in [-0.15, -0.1) is 0 Å². The van der Waals surface area contributed by atoms with Crippen molar-refractivity contribution >= 4 is 29.8 Å². The average molecular weight is 386 g/mol. The summed E-state index contributed by atoms with van der Waals surface area (Å²) in [6.45, 7) is 2.64. The van der Waals surface area contributed by atoms with Crippen molar-refractivity contribution in [3.05, 3.63) is 0 Å². The molecule has 0 aliphatic carbocycles. The van der Waals surface area contributed by atoms with Crippen LogP contribution in [0.2, 0.25) is 0 Å². The molecule has 0 saturated carbocycles. The van der Waals surface area contributed by atoms with Crippen LogP contribution in [-0.4, -0.2) is 88.5 Å². The second kappa shape index (κ2) is 13.5. The van der Waals surface area contributed by atoms with Gasteiger partial charge in [-0.25, -0.2) is 9.59 Å². The molecule has 13 nitrogen and oxygen atoms in total. The number of carbonyl (C=O) groups is 5. The Morgan fingerprint density at radius 1 is 0.769 bits per heavy atom. The molecule has 0 fully saturated rings. The van der Waals surface area contributed by atoms with E-state index in [1.807, 2.05) is 0 Å². The number of aliphatic hydroxyl groups excluding tert-OH is 2. The second-order valence-electron chi connectivity index (χ2n) is 4.94. The Hall–Kier alpha value is -2.77. The van der Waals surface area contributed by atoms with E-state index < -0.39 is 60.5 Å². The van der Waals surface area contributed by atoms with Gasteiger partial charge >= 0.3 is 29.8 Å². The van der Waals surface area contributed by atoms with E-state index in [9.17, 15) is 24.0 Å². The van der Waals surface area contributed by atoms with E-state index in [0.717, 1.165) is 0 Å². The maximum atomic E-state index is 10.3. The SMILES string of the molecule is CC(O)C(=O)O.CC(O)CC(=O)O.O=C(O)CC(O)(CC(=O)O)C(=O)O. The number of rotatable bonds is 8. The number of hydrogen-bond acceptors (Lipinski definition) is 8. The van der Waals surface area contributed by atoms with Gasteiger partial charge in [0.05, 0.1) is 25.4 Å². The monoisotopic (exact) mass is 386 g/mol. The summed E-state index contributed by atoms with van der Waals surface area (Å²) in [5, 5.41) is 65.8. The number of aliphatic hydroxyl groups is 3. The van der Waals surface area contributed by atoms with Gasteiger partial charge in [0.25, 0.3) is 0 Å². The van der Waals surface area contributed by atoms with Crippen molar-refractivity contribution in [3.63, 3.8) is 0 Å². The number of hydrogen-bond donors (Lipinski definition) is 8. The minimum atomic E-state index is -2.74. The van der Waals surface area contributed by atoms with E-state index in [-0.39, 0.29) is 6.42 Å². The van der Waals surface area contributed by atoms with Crippen LogP contribution in [0.5, 0.6) is 0 Å². The van der Waals surface area contributed by atoms with Crippen molar-refractivity contribution in [3.8, 4) is 0 Å². The molecular formula is C13H22O13. The van der Waals surface area contributed by atoms with E-state index in [0.29, 0.717) is 0 Å². The Balaban J connectivity index is -0.000000342.